The number of aromatic nitrogens is 1. The summed E-state index contributed by atoms with van der Waals surface area (Å²) in [6, 6.07) is 1.88. The molecule has 0 saturated carbocycles. The molecule has 1 heterocycles. The van der Waals surface area contributed by atoms with E-state index >= 15 is 0 Å². The normalized spacial score (nSPS) is 10.4. The Morgan fingerprint density at radius 3 is 2.62 bits per heavy atom. The summed E-state index contributed by atoms with van der Waals surface area (Å²) in [5, 5.41) is 3.57. The molecule has 1 rings (SSSR count). The van der Waals surface area contributed by atoms with Crippen molar-refractivity contribution in [3.8, 4) is 0 Å². The molecule has 0 aromatic carbocycles. The Kier molecular flexibility index (Phi) is 1.33. The summed E-state index contributed by atoms with van der Waals surface area (Å²) < 4.78 is 4.84. The minimum Gasteiger partial charge on any atom is -0.361 e. The van der Waals surface area contributed by atoms with Gasteiger partial charge in [0.25, 0.3) is 0 Å². The molecule has 0 aliphatic rings. The minimum atomic E-state index is 0.456. The van der Waals surface area contributed by atoms with E-state index in [9.17, 15) is 0 Å². The maximum atomic E-state index is 4.84. The zero-order valence-electron chi connectivity index (χ0n) is 5.09. The fraction of sp³-hybridized carbons (Fsp3) is 0.500. The van der Waals surface area contributed by atoms with E-state index in [1.807, 2.05) is 6.07 Å². The Hall–Kier alpha value is -0.790. The topological polar surface area (TPSA) is 26.0 Å². The zero-order chi connectivity index (χ0) is 5.98. The fourth-order valence-corrected chi connectivity index (χ4v) is 0.523. The van der Waals surface area contributed by atoms with Crippen LogP contribution in [0.15, 0.2) is 16.8 Å². The van der Waals surface area contributed by atoms with Gasteiger partial charge in [0, 0.05) is 12.0 Å². The summed E-state index contributed by atoms with van der Waals surface area (Å²) >= 11 is 0. The van der Waals surface area contributed by atoms with Crippen molar-refractivity contribution in [3.05, 3.63) is 18.0 Å². The van der Waals surface area contributed by atoms with Crippen LogP contribution >= 0.6 is 0 Å². The summed E-state index contributed by atoms with van der Waals surface area (Å²) in [5.74, 6) is 1.41. The van der Waals surface area contributed by atoms with E-state index in [1.165, 1.54) is 0 Å². The minimum absolute atomic E-state index is 0.456. The molecule has 0 spiro atoms. The second kappa shape index (κ2) is 1.99. The number of hydrogen-bond donors (Lipinski definition) is 0. The summed E-state index contributed by atoms with van der Waals surface area (Å²) in [5.41, 5.74) is 0. The maximum Gasteiger partial charge on any atom is 0.139 e. The van der Waals surface area contributed by atoms with Crippen LogP contribution in [-0.2, 0) is 0 Å². The summed E-state index contributed by atoms with van der Waals surface area (Å²) in [4.78, 5) is 0. The number of nitrogens with zero attached hydrogens (tertiary/aromatic N) is 1. The molecule has 0 atom stereocenters. The van der Waals surface area contributed by atoms with Gasteiger partial charge in [-0.2, -0.15) is 0 Å². The first-order valence-corrected chi connectivity index (χ1v) is 2.71. The van der Waals surface area contributed by atoms with Crippen LogP contribution in [0.1, 0.15) is 25.5 Å². The SMILES string of the molecule is CC(C)c1ccno1. The average molecular weight is 111 g/mol. The van der Waals surface area contributed by atoms with Crippen molar-refractivity contribution in [3.63, 3.8) is 0 Å². The Balaban J connectivity index is 2.77. The standard InChI is InChI=1S/C6H9NO/c1-5(2)6-3-4-7-8-6/h3-5H,1-2H3. The molecule has 0 aliphatic carbocycles. The smallest absolute Gasteiger partial charge is 0.139 e. The first-order valence-electron chi connectivity index (χ1n) is 2.71. The third kappa shape index (κ3) is 0.886. The van der Waals surface area contributed by atoms with E-state index in [0.29, 0.717) is 5.92 Å². The lowest BCUT2D eigenvalue weighted by atomic mass is 10.2. The van der Waals surface area contributed by atoms with Crippen LogP contribution in [0.5, 0.6) is 0 Å². The second-order valence-electron chi connectivity index (χ2n) is 2.07. The Labute approximate surface area is 48.5 Å². The lowest BCUT2D eigenvalue weighted by Crippen LogP contribution is -1.79. The van der Waals surface area contributed by atoms with E-state index in [2.05, 4.69) is 19.0 Å². The van der Waals surface area contributed by atoms with Crippen LogP contribution < -0.4 is 0 Å². The first-order chi connectivity index (χ1) is 3.80. The molecule has 0 N–H and O–H groups in total. The summed E-state index contributed by atoms with van der Waals surface area (Å²) in [7, 11) is 0. The van der Waals surface area contributed by atoms with E-state index in [0.717, 1.165) is 5.76 Å². The molecular weight excluding hydrogens is 102 g/mol. The molecule has 44 valence electrons. The third-order valence-electron chi connectivity index (χ3n) is 1.03. The Morgan fingerprint density at radius 2 is 2.38 bits per heavy atom. The highest BCUT2D eigenvalue weighted by Crippen LogP contribution is 2.10. The van der Waals surface area contributed by atoms with Gasteiger partial charge >= 0.3 is 0 Å². The number of rotatable bonds is 1. The molecule has 0 aliphatic heterocycles. The summed E-state index contributed by atoms with van der Waals surface area (Å²) in [6.45, 7) is 4.14. The lowest BCUT2D eigenvalue weighted by molar-refractivity contribution is 0.371. The monoisotopic (exact) mass is 111 g/mol. The Morgan fingerprint density at radius 1 is 1.62 bits per heavy atom. The van der Waals surface area contributed by atoms with Gasteiger partial charge in [0.2, 0.25) is 0 Å². The molecule has 0 amide bonds. The first kappa shape index (κ1) is 5.35. The molecule has 1 aromatic rings. The van der Waals surface area contributed by atoms with Crippen molar-refractivity contribution < 1.29 is 4.52 Å². The van der Waals surface area contributed by atoms with Gasteiger partial charge in [-0.25, -0.2) is 0 Å². The van der Waals surface area contributed by atoms with Gasteiger partial charge in [-0.05, 0) is 0 Å². The van der Waals surface area contributed by atoms with Crippen LogP contribution in [0.25, 0.3) is 0 Å². The molecule has 0 radical (unpaired) electrons. The molecule has 0 saturated heterocycles. The molecule has 0 fully saturated rings. The van der Waals surface area contributed by atoms with Gasteiger partial charge in [0.15, 0.2) is 0 Å². The van der Waals surface area contributed by atoms with Gasteiger partial charge in [-0.1, -0.05) is 19.0 Å². The van der Waals surface area contributed by atoms with Crippen molar-refractivity contribution in [2.75, 3.05) is 0 Å². The van der Waals surface area contributed by atoms with Crippen LogP contribution in [0, 0.1) is 0 Å². The quantitative estimate of drug-likeness (QED) is 0.552. The van der Waals surface area contributed by atoms with E-state index in [4.69, 9.17) is 4.52 Å². The third-order valence-corrected chi connectivity index (χ3v) is 1.03. The second-order valence-corrected chi connectivity index (χ2v) is 2.07. The lowest BCUT2D eigenvalue weighted by Gasteiger charge is -1.92. The maximum absolute atomic E-state index is 4.84. The van der Waals surface area contributed by atoms with E-state index in [-0.39, 0.29) is 0 Å². The van der Waals surface area contributed by atoms with Crippen LogP contribution in [-0.4, -0.2) is 5.16 Å². The van der Waals surface area contributed by atoms with Gasteiger partial charge in [0.05, 0.1) is 6.20 Å². The highest BCUT2D eigenvalue weighted by Gasteiger charge is 1.99. The van der Waals surface area contributed by atoms with Gasteiger partial charge < -0.3 is 4.52 Å². The van der Waals surface area contributed by atoms with Crippen molar-refractivity contribution in [2.24, 2.45) is 0 Å². The van der Waals surface area contributed by atoms with Crippen molar-refractivity contribution in [1.82, 2.24) is 5.16 Å². The highest BCUT2D eigenvalue weighted by molar-refractivity contribution is 4.97. The fourth-order valence-electron chi connectivity index (χ4n) is 0.523. The van der Waals surface area contributed by atoms with Crippen LogP contribution in [0.3, 0.4) is 0 Å². The van der Waals surface area contributed by atoms with Crippen molar-refractivity contribution in [2.45, 2.75) is 19.8 Å². The summed E-state index contributed by atoms with van der Waals surface area (Å²) in [6.07, 6.45) is 1.66. The van der Waals surface area contributed by atoms with Crippen molar-refractivity contribution >= 4 is 0 Å². The van der Waals surface area contributed by atoms with Gasteiger partial charge in [-0.15, -0.1) is 0 Å². The van der Waals surface area contributed by atoms with Crippen LogP contribution in [0.4, 0.5) is 0 Å². The zero-order valence-corrected chi connectivity index (χ0v) is 5.09. The predicted octanol–water partition coefficient (Wildman–Crippen LogP) is 1.80. The highest BCUT2D eigenvalue weighted by atomic mass is 16.5. The molecule has 2 heteroatoms. The molecule has 0 bridgehead atoms. The van der Waals surface area contributed by atoms with E-state index in [1.54, 1.807) is 6.20 Å². The van der Waals surface area contributed by atoms with Gasteiger partial charge in [-0.3, -0.25) is 0 Å². The van der Waals surface area contributed by atoms with Crippen LogP contribution in [0.2, 0.25) is 0 Å². The molecule has 8 heavy (non-hydrogen) atoms. The largest absolute Gasteiger partial charge is 0.361 e. The molecule has 1 aromatic heterocycles. The van der Waals surface area contributed by atoms with Crippen molar-refractivity contribution in [1.29, 1.82) is 0 Å². The van der Waals surface area contributed by atoms with E-state index < -0.39 is 0 Å². The molecular formula is C6H9NO. The number of hydrogen-bond acceptors (Lipinski definition) is 2. The average Bonchev–Trinajstić information content (AvgIpc) is 2.12. The molecule has 0 unspecified atom stereocenters. The molecule has 2 nitrogen and oxygen atoms in total. The Bertz CT molecular complexity index is 144. The predicted molar refractivity (Wildman–Crippen MR) is 30.6 cm³/mol. The van der Waals surface area contributed by atoms with Gasteiger partial charge in [0.1, 0.15) is 5.76 Å².